The Balaban J connectivity index is 1.07. The van der Waals surface area contributed by atoms with Crippen LogP contribution in [0, 0.1) is 10.1 Å². The predicted octanol–water partition coefficient (Wildman–Crippen LogP) is 5.30. The number of hydrogen-bond donors (Lipinski definition) is 0. The van der Waals surface area contributed by atoms with E-state index in [1.54, 1.807) is 16.7 Å². The summed E-state index contributed by atoms with van der Waals surface area (Å²) in [5.41, 5.74) is 1.51. The number of piperidine rings is 1. The Kier molecular flexibility index (Phi) is 6.91. The lowest BCUT2D eigenvalue weighted by Crippen LogP contribution is -2.38. The Morgan fingerprint density at radius 2 is 1.76 bits per heavy atom. The van der Waals surface area contributed by atoms with E-state index < -0.39 is 16.9 Å². The van der Waals surface area contributed by atoms with E-state index in [-0.39, 0.29) is 24.2 Å². The van der Waals surface area contributed by atoms with Crippen LogP contribution in [0.25, 0.3) is 0 Å². The molecule has 0 radical (unpaired) electrons. The number of imidazole rings is 1. The molecule has 1 fully saturated rings. The van der Waals surface area contributed by atoms with E-state index in [2.05, 4.69) is 26.8 Å². The number of alkyl halides is 3. The van der Waals surface area contributed by atoms with Crippen molar-refractivity contribution in [1.29, 1.82) is 0 Å². The predicted molar refractivity (Wildman–Crippen MR) is 130 cm³/mol. The molecular weight excluding hydrogens is 505 g/mol. The Labute approximate surface area is 216 Å². The van der Waals surface area contributed by atoms with Gasteiger partial charge in [0.05, 0.1) is 6.54 Å². The lowest BCUT2D eigenvalue weighted by atomic mass is 9.89. The first-order chi connectivity index (χ1) is 18.1. The summed E-state index contributed by atoms with van der Waals surface area (Å²) in [5.74, 6) is 0.684. The van der Waals surface area contributed by atoms with Crippen LogP contribution in [0.4, 0.5) is 19.0 Å². The topological polar surface area (TPSA) is 91.9 Å². The number of ether oxygens (including phenoxy) is 3. The number of benzene rings is 2. The van der Waals surface area contributed by atoms with Crippen molar-refractivity contribution >= 4 is 5.82 Å². The Morgan fingerprint density at radius 1 is 1.11 bits per heavy atom. The zero-order valence-corrected chi connectivity index (χ0v) is 20.7. The van der Waals surface area contributed by atoms with E-state index in [0.29, 0.717) is 24.8 Å². The zero-order valence-electron chi connectivity index (χ0n) is 20.7. The number of hydrogen-bond acceptors (Lipinski definition) is 7. The Morgan fingerprint density at radius 3 is 2.37 bits per heavy atom. The molecule has 3 aromatic rings. The zero-order chi connectivity index (χ0) is 26.9. The first-order valence-corrected chi connectivity index (χ1v) is 12.3. The van der Waals surface area contributed by atoms with Crippen LogP contribution in [0.5, 0.6) is 17.5 Å². The van der Waals surface area contributed by atoms with Crippen molar-refractivity contribution in [3.8, 4) is 17.5 Å². The Hall–Kier alpha value is -3.80. The minimum absolute atomic E-state index is 0.213. The second-order valence-electron chi connectivity index (χ2n) is 9.92. The number of halogens is 3. The smallest absolute Gasteiger partial charge is 0.489 e. The van der Waals surface area contributed by atoms with E-state index in [1.807, 2.05) is 19.1 Å². The normalized spacial score (nSPS) is 20.1. The van der Waals surface area contributed by atoms with E-state index in [9.17, 15) is 23.3 Å². The molecule has 0 N–H and O–H groups in total. The van der Waals surface area contributed by atoms with Gasteiger partial charge in [-0.05, 0) is 79.1 Å². The molecule has 1 atom stereocenters. The molecular formula is C26H27F3N4O5. The average Bonchev–Trinajstić information content (AvgIpc) is 3.40. The van der Waals surface area contributed by atoms with Crippen molar-refractivity contribution in [2.45, 2.75) is 50.7 Å². The highest BCUT2D eigenvalue weighted by Gasteiger charge is 2.41. The fourth-order valence-electron chi connectivity index (χ4n) is 4.91. The quantitative estimate of drug-likeness (QED) is 0.287. The van der Waals surface area contributed by atoms with E-state index in [1.165, 1.54) is 23.9 Å². The minimum atomic E-state index is -4.69. The summed E-state index contributed by atoms with van der Waals surface area (Å²) in [7, 11) is 0. The highest BCUT2D eigenvalue weighted by Crippen LogP contribution is 2.33. The SMILES string of the molecule is CC1(COc2ccc(C3CCN(Cc4ccc(OC(F)(F)F)cc4)CC3)cc2)Cn2cc([N+](=O)[O-])nc2O1. The van der Waals surface area contributed by atoms with Crippen LogP contribution in [0.3, 0.4) is 0 Å². The van der Waals surface area contributed by atoms with E-state index in [4.69, 9.17) is 9.47 Å². The third-order valence-electron chi connectivity index (χ3n) is 6.80. The molecule has 2 aliphatic heterocycles. The van der Waals surface area contributed by atoms with Crippen molar-refractivity contribution in [1.82, 2.24) is 14.5 Å². The molecule has 2 aromatic carbocycles. The number of aromatic nitrogens is 2. The van der Waals surface area contributed by atoms with Crippen LogP contribution in [0.2, 0.25) is 0 Å². The summed E-state index contributed by atoms with van der Waals surface area (Å²) in [6.07, 6.45) is -1.35. The summed E-state index contributed by atoms with van der Waals surface area (Å²) in [6, 6.07) is 14.3. The number of nitrogens with zero attached hydrogens (tertiary/aromatic N) is 4. The second kappa shape index (κ2) is 10.2. The van der Waals surface area contributed by atoms with Gasteiger partial charge in [-0.15, -0.1) is 13.2 Å². The summed E-state index contributed by atoms with van der Waals surface area (Å²) in [5, 5.41) is 10.9. The van der Waals surface area contributed by atoms with Crippen LogP contribution in [-0.2, 0) is 13.1 Å². The van der Waals surface area contributed by atoms with Gasteiger partial charge in [-0.3, -0.25) is 9.47 Å². The standard InChI is InChI=1S/C26H27F3N4O5/c1-25(16-32-15-23(33(34)35)30-24(32)38-25)17-36-21-8-4-19(5-9-21)20-10-12-31(13-11-20)14-18-2-6-22(7-3-18)37-26(27,28)29/h2-9,15,20H,10-14,16-17H2,1H3. The first-order valence-electron chi connectivity index (χ1n) is 12.3. The van der Waals surface area contributed by atoms with Crippen LogP contribution in [-0.4, -0.2) is 51.0 Å². The summed E-state index contributed by atoms with van der Waals surface area (Å²) in [6.45, 7) is 5.02. The van der Waals surface area contributed by atoms with Crippen LogP contribution in [0.1, 0.15) is 36.8 Å². The summed E-state index contributed by atoms with van der Waals surface area (Å²) < 4.78 is 54.3. The van der Waals surface area contributed by atoms with Gasteiger partial charge in [0, 0.05) is 11.5 Å². The van der Waals surface area contributed by atoms with E-state index in [0.717, 1.165) is 31.5 Å². The lowest BCUT2D eigenvalue weighted by molar-refractivity contribution is -0.389. The maximum absolute atomic E-state index is 12.3. The van der Waals surface area contributed by atoms with Gasteiger partial charge in [-0.1, -0.05) is 24.3 Å². The molecule has 2 aliphatic rings. The monoisotopic (exact) mass is 532 g/mol. The van der Waals surface area contributed by atoms with E-state index >= 15 is 0 Å². The molecule has 0 amide bonds. The van der Waals surface area contributed by atoms with Gasteiger partial charge in [0.25, 0.3) is 0 Å². The maximum atomic E-state index is 12.3. The van der Waals surface area contributed by atoms with Gasteiger partial charge in [-0.25, -0.2) is 0 Å². The third-order valence-corrected chi connectivity index (χ3v) is 6.80. The summed E-state index contributed by atoms with van der Waals surface area (Å²) in [4.78, 5) is 16.5. The molecule has 0 saturated carbocycles. The molecule has 9 nitrogen and oxygen atoms in total. The molecule has 3 heterocycles. The molecule has 1 saturated heterocycles. The van der Waals surface area contributed by atoms with Crippen LogP contribution in [0.15, 0.2) is 54.7 Å². The number of nitro groups is 1. The minimum Gasteiger partial charge on any atom is -0.489 e. The highest BCUT2D eigenvalue weighted by atomic mass is 19.4. The number of fused-ring (bicyclic) bond motifs is 1. The van der Waals surface area contributed by atoms with Gasteiger partial charge in [0.1, 0.15) is 24.3 Å². The molecule has 1 aromatic heterocycles. The number of rotatable bonds is 8. The van der Waals surface area contributed by atoms with Gasteiger partial charge in [0.15, 0.2) is 5.60 Å². The van der Waals surface area contributed by atoms with Gasteiger partial charge in [-0.2, -0.15) is 0 Å². The van der Waals surface area contributed by atoms with Crippen LogP contribution >= 0.6 is 0 Å². The Bertz CT molecular complexity index is 1250. The second-order valence-corrected chi connectivity index (χ2v) is 9.92. The molecule has 38 heavy (non-hydrogen) atoms. The summed E-state index contributed by atoms with van der Waals surface area (Å²) >= 11 is 0. The maximum Gasteiger partial charge on any atom is 0.573 e. The third kappa shape index (κ3) is 6.18. The van der Waals surface area contributed by atoms with Crippen molar-refractivity contribution in [3.05, 3.63) is 76.0 Å². The average molecular weight is 533 g/mol. The largest absolute Gasteiger partial charge is 0.573 e. The molecule has 202 valence electrons. The molecule has 0 bridgehead atoms. The molecule has 0 aliphatic carbocycles. The fourth-order valence-corrected chi connectivity index (χ4v) is 4.91. The van der Waals surface area contributed by atoms with Crippen molar-refractivity contribution < 1.29 is 32.3 Å². The molecule has 12 heteroatoms. The van der Waals surface area contributed by atoms with Gasteiger partial charge < -0.3 is 24.3 Å². The van der Waals surface area contributed by atoms with Crippen molar-refractivity contribution in [3.63, 3.8) is 0 Å². The molecule has 5 rings (SSSR count). The van der Waals surface area contributed by atoms with Crippen molar-refractivity contribution in [2.75, 3.05) is 19.7 Å². The number of likely N-dealkylation sites (tertiary alicyclic amines) is 1. The first kappa shape index (κ1) is 25.8. The lowest BCUT2D eigenvalue weighted by Gasteiger charge is -2.32. The fraction of sp³-hybridized carbons (Fsp3) is 0.423. The molecule has 0 spiro atoms. The van der Waals surface area contributed by atoms with Gasteiger partial charge in [0.2, 0.25) is 0 Å². The highest BCUT2D eigenvalue weighted by molar-refractivity contribution is 5.31. The molecule has 1 unspecified atom stereocenters. The van der Waals surface area contributed by atoms with Crippen LogP contribution < -0.4 is 14.2 Å². The van der Waals surface area contributed by atoms with Gasteiger partial charge >= 0.3 is 18.2 Å². The van der Waals surface area contributed by atoms with Crippen molar-refractivity contribution in [2.24, 2.45) is 0 Å².